The Morgan fingerprint density at radius 1 is 1.53 bits per heavy atom. The highest BCUT2D eigenvalue weighted by Gasteiger charge is 2.12. The van der Waals surface area contributed by atoms with Crippen molar-refractivity contribution < 1.29 is 14.7 Å². The molecule has 0 saturated carbocycles. The van der Waals surface area contributed by atoms with Crippen molar-refractivity contribution in [3.63, 3.8) is 0 Å². The highest BCUT2D eigenvalue weighted by Crippen LogP contribution is 2.10. The molecule has 2 heterocycles. The third-order valence-electron chi connectivity index (χ3n) is 2.57. The van der Waals surface area contributed by atoms with Gasteiger partial charge in [0, 0.05) is 18.1 Å². The van der Waals surface area contributed by atoms with Crippen molar-refractivity contribution in [3.8, 4) is 0 Å². The van der Waals surface area contributed by atoms with Crippen molar-refractivity contribution in [2.75, 3.05) is 0 Å². The number of hydrogen-bond donors (Lipinski definition) is 2. The summed E-state index contributed by atoms with van der Waals surface area (Å²) in [5, 5.41) is 13.5. The van der Waals surface area contributed by atoms with Gasteiger partial charge in [0.25, 0.3) is 5.91 Å². The van der Waals surface area contributed by atoms with Crippen LogP contribution >= 0.6 is 11.3 Å². The second-order valence-corrected chi connectivity index (χ2v) is 4.74. The first kappa shape index (κ1) is 13.3. The van der Waals surface area contributed by atoms with E-state index in [9.17, 15) is 9.59 Å². The zero-order valence-electron chi connectivity index (χ0n) is 10.3. The van der Waals surface area contributed by atoms with Crippen LogP contribution in [0.25, 0.3) is 0 Å². The van der Waals surface area contributed by atoms with Crippen LogP contribution in [0.1, 0.15) is 32.9 Å². The average molecular weight is 279 g/mol. The number of aromatic nitrogens is 2. The van der Waals surface area contributed by atoms with Crippen LogP contribution in [0.15, 0.2) is 23.7 Å². The molecule has 0 saturated heterocycles. The molecule has 7 heteroatoms. The highest BCUT2D eigenvalue weighted by atomic mass is 32.1. The molecule has 19 heavy (non-hydrogen) atoms. The number of carbonyl (C=O) groups is 2. The topological polar surface area (TPSA) is 84.2 Å². The number of amides is 1. The lowest BCUT2D eigenvalue weighted by Crippen LogP contribution is -2.25. The normalized spacial score (nSPS) is 10.4. The predicted octanol–water partition coefficient (Wildman–Crippen LogP) is 1.59. The molecule has 0 aromatic carbocycles. The van der Waals surface area contributed by atoms with Gasteiger partial charge in [0.1, 0.15) is 10.7 Å². The summed E-state index contributed by atoms with van der Waals surface area (Å²) in [6.07, 6.45) is 1.83. The molecule has 0 aliphatic rings. The quantitative estimate of drug-likeness (QED) is 0.870. The minimum absolute atomic E-state index is 0.00572. The zero-order chi connectivity index (χ0) is 13.8. The molecule has 2 rings (SSSR count). The van der Waals surface area contributed by atoms with Gasteiger partial charge in [-0.25, -0.2) is 9.78 Å². The molecular formula is C12H13N3O3S. The molecule has 6 nitrogen and oxygen atoms in total. The van der Waals surface area contributed by atoms with E-state index in [1.807, 2.05) is 23.8 Å². The lowest BCUT2D eigenvalue weighted by molar-refractivity contribution is 0.0691. The fourth-order valence-corrected chi connectivity index (χ4v) is 2.34. The Kier molecular flexibility index (Phi) is 3.96. The number of aryl methyl sites for hydroxylation is 1. The number of rotatable bonds is 5. The van der Waals surface area contributed by atoms with Gasteiger partial charge in [-0.05, 0) is 19.1 Å². The Bertz CT molecular complexity index is 603. The van der Waals surface area contributed by atoms with Crippen LogP contribution in [0.4, 0.5) is 0 Å². The van der Waals surface area contributed by atoms with Gasteiger partial charge in [-0.3, -0.25) is 4.79 Å². The van der Waals surface area contributed by atoms with Gasteiger partial charge in [0.15, 0.2) is 5.69 Å². The minimum Gasteiger partial charge on any atom is -0.476 e. The van der Waals surface area contributed by atoms with Crippen molar-refractivity contribution in [3.05, 3.63) is 40.1 Å². The van der Waals surface area contributed by atoms with Crippen LogP contribution in [0.5, 0.6) is 0 Å². The second kappa shape index (κ2) is 5.66. The Balaban J connectivity index is 1.98. The number of thiazole rings is 1. The highest BCUT2D eigenvalue weighted by molar-refractivity contribution is 7.09. The maximum absolute atomic E-state index is 11.9. The van der Waals surface area contributed by atoms with E-state index in [4.69, 9.17) is 5.11 Å². The Hall–Kier alpha value is -2.15. The van der Waals surface area contributed by atoms with Crippen LogP contribution in [0.2, 0.25) is 0 Å². The summed E-state index contributed by atoms with van der Waals surface area (Å²) in [5.41, 5.74) is 0.587. The lowest BCUT2D eigenvalue weighted by Gasteiger charge is -2.06. The molecule has 0 spiro atoms. The first-order valence-electron chi connectivity index (χ1n) is 5.73. The van der Waals surface area contributed by atoms with E-state index in [1.54, 1.807) is 6.07 Å². The van der Waals surface area contributed by atoms with E-state index >= 15 is 0 Å². The summed E-state index contributed by atoms with van der Waals surface area (Å²) in [6.45, 7) is 2.90. The lowest BCUT2D eigenvalue weighted by atomic mass is 10.4. The van der Waals surface area contributed by atoms with Gasteiger partial charge in [-0.2, -0.15) is 0 Å². The molecule has 100 valence electrons. The number of carboxylic acids is 1. The predicted molar refractivity (Wildman–Crippen MR) is 70.3 cm³/mol. The number of carbonyl (C=O) groups excluding carboxylic acids is 1. The molecule has 2 aromatic heterocycles. The molecule has 0 atom stereocenters. The van der Waals surface area contributed by atoms with Crippen LogP contribution < -0.4 is 5.32 Å². The first-order valence-corrected chi connectivity index (χ1v) is 6.60. The molecule has 0 unspecified atom stereocenters. The Labute approximate surface area is 113 Å². The van der Waals surface area contributed by atoms with Crippen LogP contribution in [-0.4, -0.2) is 26.5 Å². The fraction of sp³-hybridized carbons (Fsp3) is 0.250. The molecule has 0 fully saturated rings. The van der Waals surface area contributed by atoms with Gasteiger partial charge in [0.2, 0.25) is 0 Å². The number of nitrogens with one attached hydrogen (secondary N) is 1. The van der Waals surface area contributed by atoms with Crippen molar-refractivity contribution in [2.45, 2.75) is 20.0 Å². The Morgan fingerprint density at radius 2 is 2.32 bits per heavy atom. The number of nitrogens with zero attached hydrogens (tertiary/aromatic N) is 2. The van der Waals surface area contributed by atoms with E-state index < -0.39 is 5.97 Å². The van der Waals surface area contributed by atoms with Crippen LogP contribution in [-0.2, 0) is 13.1 Å². The summed E-state index contributed by atoms with van der Waals surface area (Å²) in [4.78, 5) is 26.5. The monoisotopic (exact) mass is 279 g/mol. The number of carboxylic acid groups (broad SMARTS) is 1. The van der Waals surface area contributed by atoms with Gasteiger partial charge in [-0.15, -0.1) is 11.3 Å². The third-order valence-corrected chi connectivity index (χ3v) is 3.42. The number of aromatic carboxylic acids is 1. The van der Waals surface area contributed by atoms with E-state index in [0.29, 0.717) is 10.7 Å². The summed E-state index contributed by atoms with van der Waals surface area (Å²) in [6, 6.07) is 3.55. The first-order chi connectivity index (χ1) is 9.11. The molecule has 0 radical (unpaired) electrons. The smallest absolute Gasteiger partial charge is 0.355 e. The van der Waals surface area contributed by atoms with Crippen LogP contribution in [0, 0.1) is 0 Å². The van der Waals surface area contributed by atoms with Gasteiger partial charge < -0.3 is 15.0 Å². The largest absolute Gasteiger partial charge is 0.476 e. The van der Waals surface area contributed by atoms with Crippen molar-refractivity contribution in [1.29, 1.82) is 0 Å². The summed E-state index contributed by atoms with van der Waals surface area (Å²) in [5.74, 6) is -1.26. The van der Waals surface area contributed by atoms with E-state index in [-0.39, 0.29) is 18.1 Å². The standard InChI is InChI=1S/C12H13N3O3S/c1-2-15-5-3-4-9(15)11(16)13-6-10-14-8(7-19-10)12(17)18/h3-5,7H,2,6H2,1H3,(H,13,16)(H,17,18). The van der Waals surface area contributed by atoms with E-state index in [0.717, 1.165) is 6.54 Å². The Morgan fingerprint density at radius 3 is 2.95 bits per heavy atom. The van der Waals surface area contributed by atoms with Gasteiger partial charge in [-0.1, -0.05) is 0 Å². The average Bonchev–Trinajstić information content (AvgIpc) is 3.04. The fourth-order valence-electron chi connectivity index (χ4n) is 1.63. The van der Waals surface area contributed by atoms with Crippen molar-refractivity contribution in [1.82, 2.24) is 14.9 Å². The van der Waals surface area contributed by atoms with Crippen molar-refractivity contribution >= 4 is 23.2 Å². The molecule has 0 aliphatic carbocycles. The molecular weight excluding hydrogens is 266 g/mol. The molecule has 2 N–H and O–H groups in total. The van der Waals surface area contributed by atoms with Crippen molar-refractivity contribution in [2.24, 2.45) is 0 Å². The maximum Gasteiger partial charge on any atom is 0.355 e. The molecule has 1 amide bonds. The van der Waals surface area contributed by atoms with E-state index in [1.165, 1.54) is 16.7 Å². The summed E-state index contributed by atoms with van der Waals surface area (Å²) < 4.78 is 1.83. The molecule has 0 bridgehead atoms. The van der Waals surface area contributed by atoms with Gasteiger partial charge in [0.05, 0.1) is 6.54 Å². The zero-order valence-corrected chi connectivity index (χ0v) is 11.1. The molecule has 2 aromatic rings. The molecule has 0 aliphatic heterocycles. The van der Waals surface area contributed by atoms with Crippen LogP contribution in [0.3, 0.4) is 0 Å². The number of hydrogen-bond acceptors (Lipinski definition) is 4. The second-order valence-electron chi connectivity index (χ2n) is 3.79. The maximum atomic E-state index is 11.9. The minimum atomic E-state index is -1.06. The van der Waals surface area contributed by atoms with E-state index in [2.05, 4.69) is 10.3 Å². The van der Waals surface area contributed by atoms with Gasteiger partial charge >= 0.3 is 5.97 Å². The third kappa shape index (κ3) is 3.00. The summed E-state index contributed by atoms with van der Waals surface area (Å²) >= 11 is 1.21. The SMILES string of the molecule is CCn1cccc1C(=O)NCc1nc(C(=O)O)cs1. The summed E-state index contributed by atoms with van der Waals surface area (Å²) in [7, 11) is 0.